The number of hydrogen-bond acceptors (Lipinski definition) is 7. The van der Waals surface area contributed by atoms with Crippen molar-refractivity contribution in [3.8, 4) is 0 Å². The van der Waals surface area contributed by atoms with Gasteiger partial charge in [-0.1, -0.05) is 13.3 Å². The van der Waals surface area contributed by atoms with Crippen molar-refractivity contribution in [3.05, 3.63) is 0 Å². The summed E-state index contributed by atoms with van der Waals surface area (Å²) in [4.78, 5) is 21.5. The summed E-state index contributed by atoms with van der Waals surface area (Å²) in [6.07, 6.45) is -7.45. The Labute approximate surface area is 103 Å². The van der Waals surface area contributed by atoms with E-state index in [9.17, 15) is 24.9 Å². The summed E-state index contributed by atoms with van der Waals surface area (Å²) in [7, 11) is 0. The molecule has 0 aliphatic rings. The normalized spacial score (nSPS) is 17.6. The fourth-order valence-electron chi connectivity index (χ4n) is 1.06. The van der Waals surface area contributed by atoms with E-state index in [2.05, 4.69) is 4.74 Å². The second kappa shape index (κ2) is 7.98. The molecule has 8 nitrogen and oxygen atoms in total. The topological polar surface area (TPSA) is 145 Å². The minimum atomic E-state index is -2.31. The number of unbranched alkanes of at least 4 members (excludes halogenated alkanes) is 1. The SMILES string of the molecule is CCCCOC(=O)[C@H](O)[C@@H](O)[C@H](O)[C@H](O)C(=O)O. The van der Waals surface area contributed by atoms with E-state index < -0.39 is 36.4 Å². The lowest BCUT2D eigenvalue weighted by atomic mass is 10.0. The molecule has 0 amide bonds. The van der Waals surface area contributed by atoms with Crippen LogP contribution in [-0.2, 0) is 14.3 Å². The molecule has 0 fully saturated rings. The molecule has 0 aromatic heterocycles. The summed E-state index contributed by atoms with van der Waals surface area (Å²) in [5, 5.41) is 45.1. The summed E-state index contributed by atoms with van der Waals surface area (Å²) in [6.45, 7) is 1.89. The number of carboxylic acid groups (broad SMARTS) is 1. The van der Waals surface area contributed by atoms with E-state index in [-0.39, 0.29) is 6.61 Å². The fourth-order valence-corrected chi connectivity index (χ4v) is 1.06. The van der Waals surface area contributed by atoms with Gasteiger partial charge in [0.25, 0.3) is 0 Å². The van der Waals surface area contributed by atoms with Crippen molar-refractivity contribution in [2.75, 3.05) is 6.61 Å². The quantitative estimate of drug-likeness (QED) is 0.247. The molecule has 0 aliphatic carbocycles. The van der Waals surface area contributed by atoms with Crippen LogP contribution in [0, 0.1) is 0 Å². The van der Waals surface area contributed by atoms with E-state index in [1.807, 2.05) is 6.92 Å². The predicted molar refractivity (Wildman–Crippen MR) is 57.5 cm³/mol. The first-order valence-electron chi connectivity index (χ1n) is 5.44. The smallest absolute Gasteiger partial charge is 0.337 e. The largest absolute Gasteiger partial charge is 0.479 e. The Morgan fingerprint density at radius 2 is 1.56 bits per heavy atom. The third-order valence-electron chi connectivity index (χ3n) is 2.23. The highest BCUT2D eigenvalue weighted by Crippen LogP contribution is 2.07. The second-order valence-electron chi connectivity index (χ2n) is 3.73. The van der Waals surface area contributed by atoms with Gasteiger partial charge in [-0.05, 0) is 6.42 Å². The predicted octanol–water partition coefficient (Wildman–Crippen LogP) is -2.14. The molecule has 0 aromatic rings. The molecule has 5 N–H and O–H groups in total. The number of aliphatic hydroxyl groups is 4. The maximum atomic E-state index is 11.2. The Bertz CT molecular complexity index is 279. The van der Waals surface area contributed by atoms with Crippen molar-refractivity contribution in [2.24, 2.45) is 0 Å². The molecule has 0 radical (unpaired) electrons. The van der Waals surface area contributed by atoms with Crippen LogP contribution < -0.4 is 0 Å². The van der Waals surface area contributed by atoms with Gasteiger partial charge in [-0.25, -0.2) is 9.59 Å². The van der Waals surface area contributed by atoms with Gasteiger partial charge in [-0.3, -0.25) is 0 Å². The van der Waals surface area contributed by atoms with Gasteiger partial charge >= 0.3 is 11.9 Å². The van der Waals surface area contributed by atoms with Gasteiger partial charge in [0, 0.05) is 0 Å². The van der Waals surface area contributed by atoms with Gasteiger partial charge in [-0.2, -0.15) is 0 Å². The lowest BCUT2D eigenvalue weighted by Gasteiger charge is -2.23. The summed E-state index contributed by atoms with van der Waals surface area (Å²) in [6, 6.07) is 0. The summed E-state index contributed by atoms with van der Waals surface area (Å²) in [5.41, 5.74) is 0. The molecule has 0 aliphatic heterocycles. The Balaban J connectivity index is 4.35. The number of aliphatic hydroxyl groups excluding tert-OH is 4. The van der Waals surface area contributed by atoms with Crippen LogP contribution in [0.15, 0.2) is 0 Å². The summed E-state index contributed by atoms with van der Waals surface area (Å²) in [5.74, 6) is -2.97. The molecular formula is C10H18O8. The highest BCUT2D eigenvalue weighted by atomic mass is 16.5. The average Bonchev–Trinajstić information content (AvgIpc) is 2.35. The molecule has 0 aromatic carbocycles. The first-order valence-corrected chi connectivity index (χ1v) is 5.44. The molecule has 4 atom stereocenters. The van der Waals surface area contributed by atoms with Gasteiger partial charge in [0.15, 0.2) is 12.2 Å². The molecule has 106 valence electrons. The standard InChI is InChI=1S/C10H18O8/c1-2-3-4-18-10(17)8(14)6(12)5(11)7(13)9(15)16/h5-8,11-14H,2-4H2,1H3,(H,15,16)/t5-,6-,7-,8+/m0/s1. The number of carbonyl (C=O) groups is 2. The van der Waals surface area contributed by atoms with Crippen molar-refractivity contribution < 1.29 is 39.9 Å². The summed E-state index contributed by atoms with van der Waals surface area (Å²) < 4.78 is 4.57. The van der Waals surface area contributed by atoms with Crippen LogP contribution in [0.4, 0.5) is 0 Å². The van der Waals surface area contributed by atoms with Crippen LogP contribution in [0.3, 0.4) is 0 Å². The van der Waals surface area contributed by atoms with Crippen molar-refractivity contribution in [3.63, 3.8) is 0 Å². The zero-order chi connectivity index (χ0) is 14.3. The molecule has 0 rings (SSSR count). The Morgan fingerprint density at radius 1 is 1.06 bits per heavy atom. The van der Waals surface area contributed by atoms with E-state index >= 15 is 0 Å². The molecular weight excluding hydrogens is 248 g/mol. The first-order chi connectivity index (χ1) is 8.32. The molecule has 0 bridgehead atoms. The minimum Gasteiger partial charge on any atom is -0.479 e. The van der Waals surface area contributed by atoms with Gasteiger partial charge in [-0.15, -0.1) is 0 Å². The van der Waals surface area contributed by atoms with Crippen LogP contribution >= 0.6 is 0 Å². The highest BCUT2D eigenvalue weighted by molar-refractivity contribution is 5.76. The van der Waals surface area contributed by atoms with Crippen LogP contribution in [0.5, 0.6) is 0 Å². The molecule has 0 heterocycles. The average molecular weight is 266 g/mol. The van der Waals surface area contributed by atoms with E-state index in [0.29, 0.717) is 6.42 Å². The number of aliphatic carboxylic acids is 1. The van der Waals surface area contributed by atoms with Gasteiger partial charge in [0.2, 0.25) is 0 Å². The van der Waals surface area contributed by atoms with Gasteiger partial charge in [0.05, 0.1) is 6.61 Å². The van der Waals surface area contributed by atoms with Crippen LogP contribution in [-0.4, -0.2) is 68.5 Å². The third-order valence-corrected chi connectivity index (χ3v) is 2.23. The number of carbonyl (C=O) groups excluding carboxylic acids is 1. The minimum absolute atomic E-state index is 0.0384. The zero-order valence-corrected chi connectivity index (χ0v) is 9.89. The lowest BCUT2D eigenvalue weighted by Crippen LogP contribution is -2.50. The third kappa shape index (κ3) is 4.96. The molecule has 0 unspecified atom stereocenters. The lowest BCUT2D eigenvalue weighted by molar-refractivity contribution is -0.176. The van der Waals surface area contributed by atoms with Crippen molar-refractivity contribution >= 4 is 11.9 Å². The second-order valence-corrected chi connectivity index (χ2v) is 3.73. The van der Waals surface area contributed by atoms with E-state index in [1.54, 1.807) is 0 Å². The first kappa shape index (κ1) is 16.8. The van der Waals surface area contributed by atoms with Gasteiger partial charge in [0.1, 0.15) is 12.2 Å². The van der Waals surface area contributed by atoms with Gasteiger partial charge < -0.3 is 30.3 Å². The van der Waals surface area contributed by atoms with E-state index in [0.717, 1.165) is 6.42 Å². The molecule has 0 saturated carbocycles. The Hall–Kier alpha value is -1.22. The number of ether oxygens (including phenoxy) is 1. The molecule has 8 heteroatoms. The number of esters is 1. The van der Waals surface area contributed by atoms with Crippen molar-refractivity contribution in [1.29, 1.82) is 0 Å². The van der Waals surface area contributed by atoms with Crippen LogP contribution in [0.1, 0.15) is 19.8 Å². The molecule has 18 heavy (non-hydrogen) atoms. The maximum Gasteiger partial charge on any atom is 0.337 e. The number of carboxylic acids is 1. The maximum absolute atomic E-state index is 11.2. The molecule has 0 saturated heterocycles. The Kier molecular flexibility index (Phi) is 7.44. The fraction of sp³-hybridized carbons (Fsp3) is 0.800. The number of hydrogen-bond donors (Lipinski definition) is 5. The van der Waals surface area contributed by atoms with Crippen LogP contribution in [0.2, 0.25) is 0 Å². The Morgan fingerprint density at radius 3 is 2.00 bits per heavy atom. The monoisotopic (exact) mass is 266 g/mol. The van der Waals surface area contributed by atoms with Crippen LogP contribution in [0.25, 0.3) is 0 Å². The highest BCUT2D eigenvalue weighted by Gasteiger charge is 2.38. The van der Waals surface area contributed by atoms with E-state index in [1.165, 1.54) is 0 Å². The van der Waals surface area contributed by atoms with Crippen molar-refractivity contribution in [1.82, 2.24) is 0 Å². The summed E-state index contributed by atoms with van der Waals surface area (Å²) >= 11 is 0. The zero-order valence-electron chi connectivity index (χ0n) is 9.89. The van der Waals surface area contributed by atoms with E-state index in [4.69, 9.17) is 10.2 Å². The molecule has 0 spiro atoms. The number of rotatable bonds is 8. The van der Waals surface area contributed by atoms with Crippen molar-refractivity contribution in [2.45, 2.75) is 44.2 Å².